The van der Waals surface area contributed by atoms with E-state index < -0.39 is 8.80 Å². The van der Waals surface area contributed by atoms with Crippen LogP contribution in [0.3, 0.4) is 0 Å². The lowest BCUT2D eigenvalue weighted by molar-refractivity contribution is 0.397. The Morgan fingerprint density at radius 2 is 1.91 bits per heavy atom. The van der Waals surface area contributed by atoms with Gasteiger partial charge in [0.1, 0.15) is 0 Å². The maximum atomic E-state index is 4.57. The predicted molar refractivity (Wildman–Crippen MR) is 59.4 cm³/mol. The zero-order valence-corrected chi connectivity index (χ0v) is 10.2. The van der Waals surface area contributed by atoms with Crippen molar-refractivity contribution in [1.29, 1.82) is 0 Å². The average molecular weight is 191 g/mol. The van der Waals surface area contributed by atoms with Crippen molar-refractivity contribution in [2.24, 2.45) is 0 Å². The summed E-state index contributed by atoms with van der Waals surface area (Å²) in [7, 11) is 3.77. The van der Waals surface area contributed by atoms with Crippen LogP contribution in [0.1, 0.15) is 12.8 Å². The molecule has 0 aromatic rings. The summed E-state index contributed by atoms with van der Waals surface area (Å²) in [5.41, 5.74) is 0. The summed E-state index contributed by atoms with van der Waals surface area (Å²) in [4.78, 5) is 2.96. The Morgan fingerprint density at radius 3 is 2.27 bits per heavy atom. The van der Waals surface area contributed by atoms with Crippen molar-refractivity contribution in [3.8, 4) is 0 Å². The van der Waals surface area contributed by atoms with Gasteiger partial charge in [-0.25, -0.2) is 0 Å². The molecule has 1 unspecified atom stereocenters. The molecule has 0 fully saturated rings. The summed E-state index contributed by atoms with van der Waals surface area (Å²) < 4.78 is 0. The van der Waals surface area contributed by atoms with Crippen molar-refractivity contribution in [2.75, 3.05) is 20.6 Å². The van der Waals surface area contributed by atoms with Crippen molar-refractivity contribution >= 4 is 21.4 Å². The molecule has 0 saturated carbocycles. The van der Waals surface area contributed by atoms with Gasteiger partial charge in [0.15, 0.2) is 0 Å². The minimum atomic E-state index is -0.482. The van der Waals surface area contributed by atoms with E-state index in [1.807, 2.05) is 0 Å². The first-order chi connectivity index (χ1) is 5.04. The largest absolute Gasteiger partial charge is 0.309 e. The van der Waals surface area contributed by atoms with Gasteiger partial charge in [-0.05, 0) is 38.4 Å². The lowest BCUT2D eigenvalue weighted by Gasteiger charge is -2.15. The first-order valence-corrected chi connectivity index (χ1v) is 7.86. The smallest absolute Gasteiger partial charge is 0.0454 e. The third kappa shape index (κ3) is 6.91. The third-order valence-electron chi connectivity index (χ3n) is 1.87. The van der Waals surface area contributed by atoms with Gasteiger partial charge in [0.05, 0.1) is 0 Å². The van der Waals surface area contributed by atoms with Gasteiger partial charge < -0.3 is 4.90 Å². The van der Waals surface area contributed by atoms with Crippen LogP contribution in [0.2, 0.25) is 13.1 Å². The highest BCUT2D eigenvalue weighted by atomic mass is 32.1. The molecule has 0 bridgehead atoms. The minimum Gasteiger partial charge on any atom is -0.309 e. The first kappa shape index (κ1) is 11.5. The van der Waals surface area contributed by atoms with Crippen LogP contribution in [0.5, 0.6) is 0 Å². The molecule has 0 spiro atoms. The fraction of sp³-hybridized carbons (Fsp3) is 1.00. The Hall–Kier alpha value is 0.527. The van der Waals surface area contributed by atoms with Gasteiger partial charge in [-0.1, -0.05) is 13.1 Å². The van der Waals surface area contributed by atoms with Crippen LogP contribution in [-0.4, -0.2) is 39.2 Å². The van der Waals surface area contributed by atoms with Crippen LogP contribution >= 0.6 is 12.6 Å². The van der Waals surface area contributed by atoms with E-state index in [0.717, 1.165) is 4.87 Å². The van der Waals surface area contributed by atoms with Crippen molar-refractivity contribution in [1.82, 2.24) is 4.90 Å². The first-order valence-electron chi connectivity index (χ1n) is 4.37. The van der Waals surface area contributed by atoms with Crippen LogP contribution < -0.4 is 0 Å². The van der Waals surface area contributed by atoms with E-state index in [1.165, 1.54) is 19.4 Å². The maximum Gasteiger partial charge on any atom is 0.0454 e. The second kappa shape index (κ2) is 6.09. The van der Waals surface area contributed by atoms with Gasteiger partial charge in [-0.2, -0.15) is 12.6 Å². The summed E-state index contributed by atoms with van der Waals surface area (Å²) in [5.74, 6) is 0. The van der Waals surface area contributed by atoms with Gasteiger partial charge in [-0.15, -0.1) is 0 Å². The van der Waals surface area contributed by atoms with E-state index in [9.17, 15) is 0 Å². The summed E-state index contributed by atoms with van der Waals surface area (Å²) in [6.07, 6.45) is 2.59. The molecule has 0 saturated heterocycles. The van der Waals surface area contributed by atoms with Gasteiger partial charge in [0.2, 0.25) is 0 Å². The fourth-order valence-corrected chi connectivity index (χ4v) is 2.03. The normalized spacial score (nSPS) is 14.5. The second-order valence-corrected chi connectivity index (χ2v) is 8.27. The van der Waals surface area contributed by atoms with Gasteiger partial charge in [-0.3, -0.25) is 0 Å². The molecule has 68 valence electrons. The molecule has 11 heavy (non-hydrogen) atoms. The van der Waals surface area contributed by atoms with Crippen LogP contribution in [0.15, 0.2) is 0 Å². The minimum absolute atomic E-state index is 0.482. The highest BCUT2D eigenvalue weighted by molar-refractivity contribution is 7.82. The molecule has 0 aromatic carbocycles. The summed E-state index contributed by atoms with van der Waals surface area (Å²) in [6, 6.07) is 0. The quantitative estimate of drug-likeness (QED) is 0.511. The van der Waals surface area contributed by atoms with Crippen LogP contribution in [0, 0.1) is 0 Å². The number of nitrogens with zero attached hydrogens (tertiary/aromatic N) is 1. The van der Waals surface area contributed by atoms with Crippen LogP contribution in [-0.2, 0) is 0 Å². The Balaban J connectivity index is 3.24. The van der Waals surface area contributed by atoms with E-state index in [-0.39, 0.29) is 0 Å². The number of hydrogen-bond donors (Lipinski definition) is 1. The van der Waals surface area contributed by atoms with E-state index in [4.69, 9.17) is 0 Å². The molecule has 1 nitrogen and oxygen atoms in total. The van der Waals surface area contributed by atoms with E-state index >= 15 is 0 Å². The Kier molecular flexibility index (Phi) is 6.38. The van der Waals surface area contributed by atoms with E-state index in [1.54, 1.807) is 0 Å². The Labute approximate surface area is 78.2 Å². The molecular weight excluding hydrogens is 170 g/mol. The number of rotatable bonds is 5. The topological polar surface area (TPSA) is 3.24 Å². The zero-order valence-electron chi connectivity index (χ0n) is 8.17. The van der Waals surface area contributed by atoms with Crippen molar-refractivity contribution in [3.05, 3.63) is 0 Å². The number of hydrogen-bond acceptors (Lipinski definition) is 2. The summed E-state index contributed by atoms with van der Waals surface area (Å²) in [6.45, 7) is 5.94. The summed E-state index contributed by atoms with van der Waals surface area (Å²) >= 11 is 4.57. The second-order valence-electron chi connectivity index (χ2n) is 3.76. The lowest BCUT2D eigenvalue weighted by Crippen LogP contribution is -2.21. The average Bonchev–Trinajstić information content (AvgIpc) is 1.86. The zero-order chi connectivity index (χ0) is 8.85. The molecule has 0 N–H and O–H groups in total. The Morgan fingerprint density at radius 1 is 1.36 bits per heavy atom. The molecule has 0 aromatic heterocycles. The molecule has 0 rings (SSSR count). The molecule has 0 aliphatic heterocycles. The third-order valence-corrected chi connectivity index (χ3v) is 5.79. The fourth-order valence-electron chi connectivity index (χ4n) is 0.950. The lowest BCUT2D eigenvalue weighted by atomic mass is 10.3. The molecule has 0 heterocycles. The molecule has 0 amide bonds. The molecule has 0 aliphatic rings. The summed E-state index contributed by atoms with van der Waals surface area (Å²) in [5, 5.41) is 0. The van der Waals surface area contributed by atoms with Crippen LogP contribution in [0.25, 0.3) is 0 Å². The maximum absolute atomic E-state index is 4.57. The SMILES string of the molecule is CN(C)CCCC(S)[SiH](C)C. The van der Waals surface area contributed by atoms with Crippen molar-refractivity contribution < 1.29 is 0 Å². The molecular formula is C8H21NSSi. The highest BCUT2D eigenvalue weighted by Crippen LogP contribution is 2.08. The highest BCUT2D eigenvalue weighted by Gasteiger charge is 2.08. The van der Waals surface area contributed by atoms with E-state index in [0.29, 0.717) is 0 Å². The van der Waals surface area contributed by atoms with Crippen LogP contribution in [0.4, 0.5) is 0 Å². The Bertz CT molecular complexity index is 96.1. The van der Waals surface area contributed by atoms with Crippen molar-refractivity contribution in [3.63, 3.8) is 0 Å². The number of thiol groups is 1. The van der Waals surface area contributed by atoms with Crippen molar-refractivity contribution in [2.45, 2.75) is 30.8 Å². The molecule has 0 aliphatic carbocycles. The van der Waals surface area contributed by atoms with Gasteiger partial charge >= 0.3 is 0 Å². The van der Waals surface area contributed by atoms with Gasteiger partial charge in [0, 0.05) is 8.80 Å². The predicted octanol–water partition coefficient (Wildman–Crippen LogP) is 1.65. The monoisotopic (exact) mass is 191 g/mol. The van der Waals surface area contributed by atoms with E-state index in [2.05, 4.69) is 44.7 Å². The molecule has 0 radical (unpaired) electrons. The van der Waals surface area contributed by atoms with Gasteiger partial charge in [0.25, 0.3) is 0 Å². The molecule has 1 atom stereocenters. The standard InChI is InChI=1S/C8H21NSSi/c1-9(2)7-5-6-8(10)11(3)4/h8,10-11H,5-7H2,1-4H3. The molecule has 3 heteroatoms.